The van der Waals surface area contributed by atoms with E-state index in [0.717, 1.165) is 31.9 Å². The number of hydrogen-bond acceptors (Lipinski definition) is 5. The highest BCUT2D eigenvalue weighted by molar-refractivity contribution is 8.13. The van der Waals surface area contributed by atoms with Crippen molar-refractivity contribution in [2.24, 2.45) is 4.99 Å². The summed E-state index contributed by atoms with van der Waals surface area (Å²) < 4.78 is 5.48. The monoisotopic (exact) mass is 307 g/mol. The van der Waals surface area contributed by atoms with Gasteiger partial charge in [0.15, 0.2) is 5.17 Å². The van der Waals surface area contributed by atoms with E-state index in [1.807, 2.05) is 23.9 Å². The van der Waals surface area contributed by atoms with Gasteiger partial charge in [-0.1, -0.05) is 30.0 Å². The molecular weight excluding hydrogens is 282 g/mol. The van der Waals surface area contributed by atoms with E-state index < -0.39 is 0 Å². The topological polar surface area (TPSA) is 28.1 Å². The predicted molar refractivity (Wildman–Crippen MR) is 91.3 cm³/mol. The van der Waals surface area contributed by atoms with Gasteiger partial charge in [0.1, 0.15) is 5.75 Å². The van der Waals surface area contributed by atoms with Crippen molar-refractivity contribution in [3.05, 3.63) is 29.8 Å². The molecule has 1 aliphatic rings. The van der Waals surface area contributed by atoms with Crippen molar-refractivity contribution in [1.29, 1.82) is 0 Å². The van der Waals surface area contributed by atoms with Gasteiger partial charge in [-0.05, 0) is 26.6 Å². The molecule has 1 aliphatic heterocycles. The maximum atomic E-state index is 5.48. The second-order valence-electron chi connectivity index (χ2n) is 5.40. The molecule has 0 amide bonds. The summed E-state index contributed by atoms with van der Waals surface area (Å²) in [6, 6.07) is 8.24. The van der Waals surface area contributed by atoms with E-state index in [0.29, 0.717) is 0 Å². The zero-order chi connectivity index (χ0) is 15.1. The summed E-state index contributed by atoms with van der Waals surface area (Å²) in [5.74, 6) is 2.12. The third-order valence-electron chi connectivity index (χ3n) is 3.42. The minimum Gasteiger partial charge on any atom is -0.496 e. The molecule has 1 aromatic carbocycles. The van der Waals surface area contributed by atoms with Gasteiger partial charge in [-0.15, -0.1) is 0 Å². The van der Waals surface area contributed by atoms with Gasteiger partial charge >= 0.3 is 0 Å². The summed E-state index contributed by atoms with van der Waals surface area (Å²) in [7, 11) is 5.95. The molecule has 0 fully saturated rings. The number of para-hydroxylation sites is 1. The first-order valence-corrected chi connectivity index (χ1v) is 8.38. The van der Waals surface area contributed by atoms with Crippen LogP contribution in [-0.4, -0.2) is 61.6 Å². The Bertz CT molecular complexity index is 476. The molecule has 0 saturated heterocycles. The number of thioether (sulfide) groups is 1. The normalized spacial score (nSPS) is 15.0. The average Bonchev–Trinajstić information content (AvgIpc) is 2.52. The van der Waals surface area contributed by atoms with Crippen molar-refractivity contribution < 1.29 is 4.74 Å². The Kier molecular flexibility index (Phi) is 6.39. The zero-order valence-corrected chi connectivity index (χ0v) is 14.0. The van der Waals surface area contributed by atoms with Crippen molar-refractivity contribution >= 4 is 16.9 Å². The molecule has 4 nitrogen and oxygen atoms in total. The molecule has 1 heterocycles. The molecule has 5 heteroatoms. The van der Waals surface area contributed by atoms with Crippen molar-refractivity contribution in [2.75, 3.05) is 46.6 Å². The highest BCUT2D eigenvalue weighted by atomic mass is 32.2. The van der Waals surface area contributed by atoms with E-state index in [2.05, 4.69) is 36.0 Å². The fourth-order valence-electron chi connectivity index (χ4n) is 2.24. The van der Waals surface area contributed by atoms with Crippen LogP contribution in [0.15, 0.2) is 29.3 Å². The van der Waals surface area contributed by atoms with Crippen LogP contribution in [0.5, 0.6) is 5.75 Å². The molecular formula is C16H25N3OS. The maximum absolute atomic E-state index is 5.48. The predicted octanol–water partition coefficient (Wildman–Crippen LogP) is 2.55. The van der Waals surface area contributed by atoms with Gasteiger partial charge in [-0.25, -0.2) is 0 Å². The lowest BCUT2D eigenvalue weighted by molar-refractivity contribution is 0.323. The molecule has 0 saturated carbocycles. The highest BCUT2D eigenvalue weighted by Crippen LogP contribution is 2.23. The first-order chi connectivity index (χ1) is 10.2. The van der Waals surface area contributed by atoms with Crippen LogP contribution in [0.4, 0.5) is 0 Å². The van der Waals surface area contributed by atoms with Crippen molar-refractivity contribution in [3.8, 4) is 5.75 Å². The average molecular weight is 307 g/mol. The standard InChI is InChI=1S/C16H25N3OS/c1-18(2)10-11-19(16-17-9-6-12-21-16)13-14-7-4-5-8-15(14)20-3/h4-5,7-8H,6,9-13H2,1-3H3. The maximum Gasteiger partial charge on any atom is 0.159 e. The third kappa shape index (κ3) is 4.93. The van der Waals surface area contributed by atoms with Crippen LogP contribution in [-0.2, 0) is 6.54 Å². The molecule has 0 bridgehead atoms. The lowest BCUT2D eigenvalue weighted by atomic mass is 10.2. The smallest absolute Gasteiger partial charge is 0.159 e. The first-order valence-electron chi connectivity index (χ1n) is 7.39. The summed E-state index contributed by atoms with van der Waals surface area (Å²) in [5.41, 5.74) is 1.22. The Balaban J connectivity index is 2.12. The lowest BCUT2D eigenvalue weighted by Crippen LogP contribution is -2.36. The van der Waals surface area contributed by atoms with E-state index in [-0.39, 0.29) is 0 Å². The molecule has 0 radical (unpaired) electrons. The molecule has 0 N–H and O–H groups in total. The van der Waals surface area contributed by atoms with Gasteiger partial charge in [0.25, 0.3) is 0 Å². The molecule has 1 aromatic rings. The minimum atomic E-state index is 0.851. The molecule has 0 spiro atoms. The molecule has 116 valence electrons. The Morgan fingerprint density at radius 1 is 1.24 bits per heavy atom. The fraction of sp³-hybridized carbons (Fsp3) is 0.562. The third-order valence-corrected chi connectivity index (χ3v) is 4.56. The van der Waals surface area contributed by atoms with Crippen LogP contribution < -0.4 is 4.74 Å². The number of aliphatic imine (C=N–C) groups is 1. The molecule has 0 atom stereocenters. The van der Waals surface area contributed by atoms with E-state index in [9.17, 15) is 0 Å². The van der Waals surface area contributed by atoms with E-state index in [4.69, 9.17) is 9.73 Å². The van der Waals surface area contributed by atoms with Crippen LogP contribution in [0.3, 0.4) is 0 Å². The molecule has 2 rings (SSSR count). The summed E-state index contributed by atoms with van der Waals surface area (Å²) in [6.07, 6.45) is 1.18. The summed E-state index contributed by atoms with van der Waals surface area (Å²) in [5, 5.41) is 1.18. The summed E-state index contributed by atoms with van der Waals surface area (Å²) in [6.45, 7) is 3.81. The number of hydrogen-bond donors (Lipinski definition) is 0. The number of benzene rings is 1. The fourth-order valence-corrected chi connectivity index (χ4v) is 3.22. The first kappa shape index (κ1) is 16.2. The van der Waals surface area contributed by atoms with Crippen molar-refractivity contribution in [2.45, 2.75) is 13.0 Å². The molecule has 0 aromatic heterocycles. The van der Waals surface area contributed by atoms with Crippen molar-refractivity contribution in [1.82, 2.24) is 9.80 Å². The highest BCUT2D eigenvalue weighted by Gasteiger charge is 2.17. The lowest BCUT2D eigenvalue weighted by Gasteiger charge is -2.29. The van der Waals surface area contributed by atoms with Crippen LogP contribution >= 0.6 is 11.8 Å². The second-order valence-corrected chi connectivity index (χ2v) is 6.47. The summed E-state index contributed by atoms with van der Waals surface area (Å²) >= 11 is 1.87. The Hall–Kier alpha value is -1.20. The number of nitrogens with zero attached hydrogens (tertiary/aromatic N) is 3. The van der Waals surface area contributed by atoms with Gasteiger partial charge in [-0.3, -0.25) is 4.99 Å². The van der Waals surface area contributed by atoms with Crippen LogP contribution in [0.1, 0.15) is 12.0 Å². The number of likely N-dealkylation sites (N-methyl/N-ethyl adjacent to an activating group) is 1. The van der Waals surface area contributed by atoms with E-state index in [1.165, 1.54) is 22.9 Å². The largest absolute Gasteiger partial charge is 0.496 e. The molecule has 0 unspecified atom stereocenters. The second kappa shape index (κ2) is 8.29. The quantitative estimate of drug-likeness (QED) is 0.807. The van der Waals surface area contributed by atoms with E-state index >= 15 is 0 Å². The Morgan fingerprint density at radius 3 is 2.71 bits per heavy atom. The minimum absolute atomic E-state index is 0.851. The van der Waals surface area contributed by atoms with Gasteiger partial charge in [0.2, 0.25) is 0 Å². The van der Waals surface area contributed by atoms with Gasteiger partial charge < -0.3 is 14.5 Å². The molecule has 0 aliphatic carbocycles. The summed E-state index contributed by atoms with van der Waals surface area (Å²) in [4.78, 5) is 9.29. The number of rotatable bonds is 6. The van der Waals surface area contributed by atoms with Gasteiger partial charge in [-0.2, -0.15) is 0 Å². The van der Waals surface area contributed by atoms with Crippen LogP contribution in [0.25, 0.3) is 0 Å². The number of methoxy groups -OCH3 is 1. The van der Waals surface area contributed by atoms with Crippen LogP contribution in [0, 0.1) is 0 Å². The number of ether oxygens (including phenoxy) is 1. The van der Waals surface area contributed by atoms with Crippen LogP contribution in [0.2, 0.25) is 0 Å². The van der Waals surface area contributed by atoms with Gasteiger partial charge in [0.05, 0.1) is 7.11 Å². The van der Waals surface area contributed by atoms with Crippen molar-refractivity contribution in [3.63, 3.8) is 0 Å². The van der Waals surface area contributed by atoms with Gasteiger partial charge in [0, 0.05) is 37.5 Å². The number of amidine groups is 1. The Morgan fingerprint density at radius 2 is 2.05 bits per heavy atom. The zero-order valence-electron chi connectivity index (χ0n) is 13.2. The molecule has 21 heavy (non-hydrogen) atoms. The van der Waals surface area contributed by atoms with E-state index in [1.54, 1.807) is 7.11 Å². The Labute approximate surface area is 132 Å². The SMILES string of the molecule is COc1ccccc1CN(CCN(C)C)C1=NCCCS1.